The first-order valence-electron chi connectivity index (χ1n) is 5.55. The Hall–Kier alpha value is -1.18. The van der Waals surface area contributed by atoms with Gasteiger partial charge in [0.05, 0.1) is 0 Å². The molecular weight excluding hydrogens is 240 g/mol. The fourth-order valence-electron chi connectivity index (χ4n) is 1.72. The van der Waals surface area contributed by atoms with Crippen LogP contribution >= 0.6 is 0 Å². The molecule has 0 aliphatic heterocycles. The zero-order valence-electron chi connectivity index (χ0n) is 9.39. The smallest absolute Gasteiger partial charge is 0.244 e. The van der Waals surface area contributed by atoms with Crippen LogP contribution in [0.1, 0.15) is 19.3 Å². The van der Waals surface area contributed by atoms with Crippen LogP contribution < -0.4 is 16.0 Å². The summed E-state index contributed by atoms with van der Waals surface area (Å²) in [6.07, 6.45) is 4.87. The van der Waals surface area contributed by atoms with Crippen molar-refractivity contribution in [1.82, 2.24) is 9.71 Å². The number of anilines is 1. The lowest BCUT2D eigenvalue weighted by Gasteiger charge is -2.25. The summed E-state index contributed by atoms with van der Waals surface area (Å²) in [6.45, 7) is 0.487. The van der Waals surface area contributed by atoms with Crippen LogP contribution in [0.4, 0.5) is 5.82 Å². The number of nitrogens with one attached hydrogen (secondary N) is 2. The van der Waals surface area contributed by atoms with Crippen LogP contribution in [0.15, 0.2) is 23.2 Å². The minimum Gasteiger partial charge on any atom is -0.307 e. The van der Waals surface area contributed by atoms with Gasteiger partial charge in [0.2, 0.25) is 10.0 Å². The highest BCUT2D eigenvalue weighted by atomic mass is 32.2. The Labute approximate surface area is 101 Å². The number of hydrazine groups is 1. The number of nitrogens with zero attached hydrogens (tertiary/aromatic N) is 1. The van der Waals surface area contributed by atoms with E-state index in [2.05, 4.69) is 15.1 Å². The third-order valence-electron chi connectivity index (χ3n) is 2.98. The first-order chi connectivity index (χ1) is 8.13. The Kier molecular flexibility index (Phi) is 3.60. The quantitative estimate of drug-likeness (QED) is 0.525. The van der Waals surface area contributed by atoms with E-state index in [0.717, 1.165) is 12.8 Å². The fraction of sp³-hybridized carbons (Fsp3) is 0.500. The van der Waals surface area contributed by atoms with Gasteiger partial charge in [-0.2, -0.15) is 0 Å². The van der Waals surface area contributed by atoms with Crippen molar-refractivity contribution in [2.45, 2.75) is 24.2 Å². The summed E-state index contributed by atoms with van der Waals surface area (Å²) in [7, 11) is -3.53. The average Bonchev–Trinajstić information content (AvgIpc) is 2.26. The summed E-state index contributed by atoms with van der Waals surface area (Å²) in [5, 5.41) is 0. The summed E-state index contributed by atoms with van der Waals surface area (Å²) in [5.74, 6) is 5.86. The maximum absolute atomic E-state index is 12.0. The number of rotatable bonds is 5. The van der Waals surface area contributed by atoms with Gasteiger partial charge in [-0.15, -0.1) is 0 Å². The Morgan fingerprint density at radius 1 is 1.47 bits per heavy atom. The van der Waals surface area contributed by atoms with Crippen molar-refractivity contribution in [3.8, 4) is 0 Å². The van der Waals surface area contributed by atoms with Gasteiger partial charge in [-0.25, -0.2) is 24.0 Å². The predicted octanol–water partition coefficient (Wildman–Crippen LogP) is 0.446. The topological polar surface area (TPSA) is 97.1 Å². The second kappa shape index (κ2) is 4.99. The monoisotopic (exact) mass is 256 g/mol. The zero-order valence-corrected chi connectivity index (χ0v) is 10.2. The van der Waals surface area contributed by atoms with Crippen LogP contribution in [-0.2, 0) is 10.0 Å². The number of nitrogens with two attached hydrogens (primary N) is 1. The van der Waals surface area contributed by atoms with Crippen LogP contribution in [0.3, 0.4) is 0 Å². The minimum atomic E-state index is -3.53. The zero-order chi connectivity index (χ0) is 12.3. The fourth-order valence-corrected chi connectivity index (χ4v) is 2.95. The molecule has 1 aliphatic carbocycles. The van der Waals surface area contributed by atoms with Gasteiger partial charge in [-0.05, 0) is 30.9 Å². The number of nitrogen functional groups attached to an aromatic ring is 1. The number of aromatic nitrogens is 1. The molecule has 6 nitrogen and oxygen atoms in total. The van der Waals surface area contributed by atoms with Gasteiger partial charge in [-0.1, -0.05) is 6.42 Å². The maximum Gasteiger partial charge on any atom is 0.244 e. The Bertz CT molecular complexity index is 485. The highest BCUT2D eigenvalue weighted by Gasteiger charge is 2.23. The SMILES string of the molecule is NNc1ncccc1S(=O)(=O)NCC1CCC1. The molecule has 1 saturated carbocycles. The lowest BCUT2D eigenvalue weighted by Crippen LogP contribution is -2.33. The largest absolute Gasteiger partial charge is 0.307 e. The van der Waals surface area contributed by atoms with E-state index < -0.39 is 10.0 Å². The van der Waals surface area contributed by atoms with Gasteiger partial charge < -0.3 is 5.43 Å². The summed E-state index contributed by atoms with van der Waals surface area (Å²) < 4.78 is 26.6. The van der Waals surface area contributed by atoms with Crippen molar-refractivity contribution in [2.75, 3.05) is 12.0 Å². The van der Waals surface area contributed by atoms with Crippen molar-refractivity contribution in [3.63, 3.8) is 0 Å². The molecule has 1 fully saturated rings. The van der Waals surface area contributed by atoms with Crippen molar-refractivity contribution >= 4 is 15.8 Å². The number of pyridine rings is 1. The molecule has 7 heteroatoms. The van der Waals surface area contributed by atoms with Gasteiger partial charge in [-0.3, -0.25) is 0 Å². The number of sulfonamides is 1. The molecule has 94 valence electrons. The lowest BCUT2D eigenvalue weighted by atomic mass is 9.86. The second-order valence-corrected chi connectivity index (χ2v) is 5.88. The van der Waals surface area contributed by atoms with E-state index in [1.54, 1.807) is 6.07 Å². The van der Waals surface area contributed by atoms with E-state index in [9.17, 15) is 8.42 Å². The van der Waals surface area contributed by atoms with Crippen molar-refractivity contribution in [3.05, 3.63) is 18.3 Å². The van der Waals surface area contributed by atoms with Crippen molar-refractivity contribution in [2.24, 2.45) is 11.8 Å². The molecule has 1 aromatic heterocycles. The van der Waals surface area contributed by atoms with E-state index >= 15 is 0 Å². The molecular formula is C10H16N4O2S. The van der Waals surface area contributed by atoms with Crippen LogP contribution in [0.5, 0.6) is 0 Å². The standard InChI is InChI=1S/C10H16N4O2S/c11-14-10-9(5-2-6-12-10)17(15,16)13-7-8-3-1-4-8/h2,5-6,8,13H,1,3-4,7,11H2,(H,12,14). The van der Waals surface area contributed by atoms with Crippen LogP contribution in [0.25, 0.3) is 0 Å². The van der Waals surface area contributed by atoms with Crippen molar-refractivity contribution < 1.29 is 8.42 Å². The Morgan fingerprint density at radius 2 is 2.24 bits per heavy atom. The van der Waals surface area contributed by atoms with E-state index in [0.29, 0.717) is 12.5 Å². The lowest BCUT2D eigenvalue weighted by molar-refractivity contribution is 0.316. The predicted molar refractivity (Wildman–Crippen MR) is 64.6 cm³/mol. The molecule has 1 heterocycles. The molecule has 1 aliphatic rings. The number of hydrogen-bond donors (Lipinski definition) is 3. The highest BCUT2D eigenvalue weighted by molar-refractivity contribution is 7.89. The molecule has 0 aromatic carbocycles. The molecule has 2 rings (SSSR count). The molecule has 4 N–H and O–H groups in total. The number of hydrogen-bond acceptors (Lipinski definition) is 5. The maximum atomic E-state index is 12.0. The van der Waals surface area contributed by atoms with Crippen LogP contribution in [0.2, 0.25) is 0 Å². The van der Waals surface area contributed by atoms with E-state index in [1.807, 2.05) is 0 Å². The molecule has 17 heavy (non-hydrogen) atoms. The van der Waals surface area contributed by atoms with Gasteiger partial charge in [0.25, 0.3) is 0 Å². The third kappa shape index (κ3) is 2.74. The van der Waals surface area contributed by atoms with Gasteiger partial charge in [0.1, 0.15) is 4.90 Å². The van der Waals surface area contributed by atoms with E-state index in [1.165, 1.54) is 18.7 Å². The van der Waals surface area contributed by atoms with Gasteiger partial charge >= 0.3 is 0 Å². The molecule has 0 radical (unpaired) electrons. The van der Waals surface area contributed by atoms with E-state index in [4.69, 9.17) is 5.84 Å². The van der Waals surface area contributed by atoms with Crippen molar-refractivity contribution in [1.29, 1.82) is 0 Å². The van der Waals surface area contributed by atoms with Gasteiger partial charge in [0, 0.05) is 12.7 Å². The molecule has 0 spiro atoms. The minimum absolute atomic E-state index is 0.0850. The molecule has 0 amide bonds. The summed E-state index contributed by atoms with van der Waals surface area (Å²) in [6, 6.07) is 3.05. The van der Waals surface area contributed by atoms with Gasteiger partial charge in [0.15, 0.2) is 5.82 Å². The summed E-state index contributed by atoms with van der Waals surface area (Å²) in [4.78, 5) is 3.95. The summed E-state index contributed by atoms with van der Waals surface area (Å²) in [5.41, 5.74) is 2.29. The highest BCUT2D eigenvalue weighted by Crippen LogP contribution is 2.26. The normalized spacial score (nSPS) is 16.5. The molecule has 0 bridgehead atoms. The second-order valence-electron chi connectivity index (χ2n) is 4.14. The molecule has 1 aromatic rings. The molecule has 0 saturated heterocycles. The first-order valence-corrected chi connectivity index (χ1v) is 7.03. The van der Waals surface area contributed by atoms with Crippen LogP contribution in [0, 0.1) is 5.92 Å². The third-order valence-corrected chi connectivity index (χ3v) is 4.44. The molecule has 0 unspecified atom stereocenters. The Morgan fingerprint density at radius 3 is 2.82 bits per heavy atom. The average molecular weight is 256 g/mol. The summed E-state index contributed by atoms with van der Waals surface area (Å²) >= 11 is 0. The molecule has 0 atom stereocenters. The first kappa shape index (κ1) is 12.3. The Balaban J connectivity index is 2.12. The van der Waals surface area contributed by atoms with Crippen LogP contribution in [-0.4, -0.2) is 19.9 Å². The van der Waals surface area contributed by atoms with E-state index in [-0.39, 0.29) is 10.7 Å².